The topological polar surface area (TPSA) is 69.1 Å². The molecule has 0 unspecified atom stereocenters. The van der Waals surface area contributed by atoms with Crippen LogP contribution in [0.1, 0.15) is 19.8 Å². The van der Waals surface area contributed by atoms with Crippen molar-refractivity contribution in [2.75, 3.05) is 6.54 Å². The van der Waals surface area contributed by atoms with Crippen LogP contribution in [0.15, 0.2) is 0 Å². The van der Waals surface area contributed by atoms with Gasteiger partial charge in [0.1, 0.15) is 5.78 Å². The minimum absolute atomic E-state index is 0.0449. The van der Waals surface area contributed by atoms with E-state index in [9.17, 15) is 4.79 Å². The molecule has 0 bridgehead atoms. The lowest BCUT2D eigenvalue weighted by Gasteiger charge is -2.04. The summed E-state index contributed by atoms with van der Waals surface area (Å²) >= 11 is 0. The zero-order chi connectivity index (χ0) is 7.28. The fourth-order valence-corrected chi connectivity index (χ4v) is 0.541. The number of Topliss-reactive ketones (excluding diaryl/α,β-unsaturated/α-hetero) is 1. The average Bonchev–Trinajstić information content (AvgIpc) is 1.82. The van der Waals surface area contributed by atoms with Gasteiger partial charge in [0.2, 0.25) is 0 Å². The van der Waals surface area contributed by atoms with Crippen LogP contribution in [0, 0.1) is 0 Å². The number of hydrogen-bond acceptors (Lipinski definition) is 3. The van der Waals surface area contributed by atoms with Gasteiger partial charge >= 0.3 is 0 Å². The van der Waals surface area contributed by atoms with E-state index < -0.39 is 0 Å². The molecule has 0 heterocycles. The van der Waals surface area contributed by atoms with Crippen molar-refractivity contribution in [1.82, 2.24) is 0 Å². The number of carbonyl (C=O) groups excluding carboxylic acids is 1. The van der Waals surface area contributed by atoms with Gasteiger partial charge in [-0.1, -0.05) is 0 Å². The van der Waals surface area contributed by atoms with Crippen molar-refractivity contribution >= 4 is 5.78 Å². The molecule has 0 fully saturated rings. The van der Waals surface area contributed by atoms with E-state index >= 15 is 0 Å². The SMILES string of the molecule is CC(=O)[C@@H](N)CCCN. The van der Waals surface area contributed by atoms with Crippen molar-refractivity contribution in [1.29, 1.82) is 0 Å². The highest BCUT2D eigenvalue weighted by atomic mass is 16.1. The summed E-state index contributed by atoms with van der Waals surface area (Å²) in [4.78, 5) is 10.5. The number of rotatable bonds is 4. The average molecular weight is 130 g/mol. The maximum atomic E-state index is 10.5. The quantitative estimate of drug-likeness (QED) is 0.546. The van der Waals surface area contributed by atoms with E-state index in [0.717, 1.165) is 6.42 Å². The summed E-state index contributed by atoms with van der Waals surface area (Å²) < 4.78 is 0. The van der Waals surface area contributed by atoms with Gasteiger partial charge in [0.25, 0.3) is 0 Å². The number of hydrogen-bond donors (Lipinski definition) is 2. The maximum absolute atomic E-state index is 10.5. The fourth-order valence-electron chi connectivity index (χ4n) is 0.541. The second-order valence-corrected chi connectivity index (χ2v) is 2.15. The van der Waals surface area contributed by atoms with Gasteiger partial charge in [-0.25, -0.2) is 0 Å². The van der Waals surface area contributed by atoms with Gasteiger partial charge in [-0.05, 0) is 26.3 Å². The molecule has 9 heavy (non-hydrogen) atoms. The van der Waals surface area contributed by atoms with Crippen LogP contribution >= 0.6 is 0 Å². The van der Waals surface area contributed by atoms with E-state index in [4.69, 9.17) is 11.5 Å². The predicted octanol–water partition coefficient (Wildman–Crippen LogP) is -0.358. The summed E-state index contributed by atoms with van der Waals surface area (Å²) in [7, 11) is 0. The van der Waals surface area contributed by atoms with Crippen LogP contribution in [0.5, 0.6) is 0 Å². The smallest absolute Gasteiger partial charge is 0.146 e. The van der Waals surface area contributed by atoms with E-state index in [2.05, 4.69) is 0 Å². The molecule has 0 radical (unpaired) electrons. The minimum atomic E-state index is -0.298. The summed E-state index contributed by atoms with van der Waals surface area (Å²) in [5, 5.41) is 0. The van der Waals surface area contributed by atoms with E-state index in [1.165, 1.54) is 6.92 Å². The third-order valence-electron chi connectivity index (χ3n) is 1.24. The number of nitrogens with two attached hydrogens (primary N) is 2. The summed E-state index contributed by atoms with van der Waals surface area (Å²) in [6, 6.07) is -0.298. The third-order valence-corrected chi connectivity index (χ3v) is 1.24. The Morgan fingerprint density at radius 2 is 2.22 bits per heavy atom. The molecule has 54 valence electrons. The number of ketones is 1. The molecular weight excluding hydrogens is 116 g/mol. The highest BCUT2D eigenvalue weighted by Gasteiger charge is 2.05. The Morgan fingerprint density at radius 3 is 2.56 bits per heavy atom. The summed E-state index contributed by atoms with van der Waals surface area (Å²) in [6.45, 7) is 2.11. The normalized spacial score (nSPS) is 13.2. The Labute approximate surface area is 55.4 Å². The molecule has 0 aliphatic rings. The first-order chi connectivity index (χ1) is 4.18. The zero-order valence-electron chi connectivity index (χ0n) is 5.76. The van der Waals surface area contributed by atoms with Crippen molar-refractivity contribution in [3.05, 3.63) is 0 Å². The monoisotopic (exact) mass is 130 g/mol. The van der Waals surface area contributed by atoms with Crippen molar-refractivity contribution in [2.45, 2.75) is 25.8 Å². The van der Waals surface area contributed by atoms with E-state index in [-0.39, 0.29) is 11.8 Å². The first kappa shape index (κ1) is 8.59. The van der Waals surface area contributed by atoms with Gasteiger partial charge in [0.15, 0.2) is 0 Å². The van der Waals surface area contributed by atoms with E-state index in [1.807, 2.05) is 0 Å². The summed E-state index contributed by atoms with van der Waals surface area (Å²) in [5.41, 5.74) is 10.6. The molecular formula is C6H14N2O. The first-order valence-electron chi connectivity index (χ1n) is 3.14. The Kier molecular flexibility index (Phi) is 4.26. The molecule has 3 heteroatoms. The van der Waals surface area contributed by atoms with Crippen LogP contribution in [-0.2, 0) is 4.79 Å². The van der Waals surface area contributed by atoms with Gasteiger partial charge in [0.05, 0.1) is 6.04 Å². The van der Waals surface area contributed by atoms with Crippen molar-refractivity contribution in [2.24, 2.45) is 11.5 Å². The fraction of sp³-hybridized carbons (Fsp3) is 0.833. The Bertz CT molecular complexity index is 93.1. The van der Waals surface area contributed by atoms with Gasteiger partial charge in [-0.2, -0.15) is 0 Å². The van der Waals surface area contributed by atoms with Crippen LogP contribution in [0.4, 0.5) is 0 Å². The highest BCUT2D eigenvalue weighted by Crippen LogP contribution is 1.92. The van der Waals surface area contributed by atoms with Crippen molar-refractivity contribution < 1.29 is 4.79 Å². The Hall–Kier alpha value is -0.410. The molecule has 0 aliphatic carbocycles. The molecule has 3 nitrogen and oxygen atoms in total. The molecule has 0 aromatic rings. The lowest BCUT2D eigenvalue weighted by Crippen LogP contribution is -2.28. The van der Waals surface area contributed by atoms with Crippen LogP contribution in [-0.4, -0.2) is 18.4 Å². The van der Waals surface area contributed by atoms with Crippen molar-refractivity contribution in [3.8, 4) is 0 Å². The minimum Gasteiger partial charge on any atom is -0.330 e. The molecule has 0 saturated carbocycles. The predicted molar refractivity (Wildman–Crippen MR) is 36.9 cm³/mol. The largest absolute Gasteiger partial charge is 0.330 e. The molecule has 0 amide bonds. The van der Waals surface area contributed by atoms with Crippen LogP contribution in [0.3, 0.4) is 0 Å². The third kappa shape index (κ3) is 4.12. The summed E-state index contributed by atoms with van der Waals surface area (Å²) in [6.07, 6.45) is 1.55. The molecule has 0 aliphatic heterocycles. The Balaban J connectivity index is 3.27. The van der Waals surface area contributed by atoms with Crippen LogP contribution in [0.2, 0.25) is 0 Å². The van der Waals surface area contributed by atoms with E-state index in [0.29, 0.717) is 13.0 Å². The van der Waals surface area contributed by atoms with E-state index in [1.54, 1.807) is 0 Å². The zero-order valence-corrected chi connectivity index (χ0v) is 5.76. The molecule has 0 spiro atoms. The summed E-state index contributed by atoms with van der Waals surface area (Å²) in [5.74, 6) is 0.0449. The molecule has 4 N–H and O–H groups in total. The maximum Gasteiger partial charge on any atom is 0.146 e. The number of carbonyl (C=O) groups is 1. The molecule has 1 atom stereocenters. The van der Waals surface area contributed by atoms with Crippen LogP contribution in [0.25, 0.3) is 0 Å². The first-order valence-corrected chi connectivity index (χ1v) is 3.14. The lowest BCUT2D eigenvalue weighted by atomic mass is 10.1. The second kappa shape index (κ2) is 4.47. The highest BCUT2D eigenvalue weighted by molar-refractivity contribution is 5.80. The van der Waals surface area contributed by atoms with Crippen LogP contribution < -0.4 is 11.5 Å². The van der Waals surface area contributed by atoms with Gasteiger partial charge in [-0.3, -0.25) is 4.79 Å². The molecule has 0 aromatic heterocycles. The standard InChI is InChI=1S/C6H14N2O/c1-5(9)6(8)3-2-4-7/h6H,2-4,7-8H2,1H3/t6-/m0/s1. The second-order valence-electron chi connectivity index (χ2n) is 2.15. The molecule has 0 rings (SSSR count). The lowest BCUT2D eigenvalue weighted by molar-refractivity contribution is -0.118. The Morgan fingerprint density at radius 1 is 1.67 bits per heavy atom. The van der Waals surface area contributed by atoms with Gasteiger partial charge in [-0.15, -0.1) is 0 Å². The van der Waals surface area contributed by atoms with Crippen molar-refractivity contribution in [3.63, 3.8) is 0 Å². The van der Waals surface area contributed by atoms with Gasteiger partial charge < -0.3 is 11.5 Å². The molecule has 0 saturated heterocycles. The van der Waals surface area contributed by atoms with Gasteiger partial charge in [0, 0.05) is 0 Å². The molecule has 0 aromatic carbocycles.